The second-order valence-electron chi connectivity index (χ2n) is 8.31. The van der Waals surface area contributed by atoms with Crippen LogP contribution in [0.25, 0.3) is 0 Å². The van der Waals surface area contributed by atoms with Crippen molar-refractivity contribution in [2.24, 2.45) is 5.92 Å². The number of rotatable bonds is 4. The first kappa shape index (κ1) is 21.7. The molecule has 0 aliphatic carbocycles. The number of nitriles is 1. The number of carbonyl (C=O) groups excluding carboxylic acids is 1. The highest BCUT2D eigenvalue weighted by molar-refractivity contribution is 5.98. The molecule has 8 heteroatoms. The number of amides is 1. The van der Waals surface area contributed by atoms with Crippen LogP contribution in [0.4, 0.5) is 11.8 Å². The first-order valence-electron chi connectivity index (χ1n) is 11.1. The highest BCUT2D eigenvalue weighted by Crippen LogP contribution is 2.29. The second kappa shape index (κ2) is 9.76. The Morgan fingerprint density at radius 2 is 2.12 bits per heavy atom. The molecule has 1 fully saturated rings. The molecule has 0 radical (unpaired) electrons. The van der Waals surface area contributed by atoms with Crippen molar-refractivity contribution in [1.82, 2.24) is 20.0 Å². The maximum atomic E-state index is 13.8. The van der Waals surface area contributed by atoms with Gasteiger partial charge in [0, 0.05) is 26.2 Å². The fourth-order valence-electron chi connectivity index (χ4n) is 4.34. The van der Waals surface area contributed by atoms with Crippen molar-refractivity contribution >= 4 is 17.7 Å². The Balaban J connectivity index is 1.73. The van der Waals surface area contributed by atoms with Gasteiger partial charge in [-0.3, -0.25) is 14.4 Å². The van der Waals surface area contributed by atoms with Gasteiger partial charge in [-0.25, -0.2) is 5.43 Å². The summed E-state index contributed by atoms with van der Waals surface area (Å²) in [6.45, 7) is 7.78. The molecule has 1 atom stereocenters. The predicted octanol–water partition coefficient (Wildman–Crippen LogP) is 2.59. The molecule has 1 amide bonds. The van der Waals surface area contributed by atoms with Gasteiger partial charge < -0.3 is 10.2 Å². The summed E-state index contributed by atoms with van der Waals surface area (Å²) in [4.78, 5) is 20.9. The van der Waals surface area contributed by atoms with E-state index in [2.05, 4.69) is 40.5 Å². The van der Waals surface area contributed by atoms with Crippen LogP contribution in [0.5, 0.6) is 0 Å². The van der Waals surface area contributed by atoms with Gasteiger partial charge in [-0.2, -0.15) is 10.2 Å². The largest absolute Gasteiger partial charge is 0.367 e. The fourth-order valence-corrected chi connectivity index (χ4v) is 4.34. The number of fused-ring (bicyclic) bond motifs is 1. The van der Waals surface area contributed by atoms with Crippen molar-refractivity contribution in [2.75, 3.05) is 36.4 Å². The second-order valence-corrected chi connectivity index (χ2v) is 8.31. The molecule has 2 aliphatic heterocycles. The molecule has 4 rings (SSSR count). The molecular weight excluding hydrogens is 402 g/mol. The van der Waals surface area contributed by atoms with Gasteiger partial charge >= 0.3 is 0 Å². The third-order valence-corrected chi connectivity index (χ3v) is 5.94. The molecule has 0 spiro atoms. The minimum absolute atomic E-state index is 0.179. The fraction of sp³-hybridized carbons (Fsp3) is 0.458. The van der Waals surface area contributed by atoms with Gasteiger partial charge in [0.25, 0.3) is 5.91 Å². The number of carbonyl (C=O) groups is 1. The average molecular weight is 432 g/mol. The molecule has 0 bridgehead atoms. The zero-order valence-electron chi connectivity index (χ0n) is 18.7. The molecule has 8 nitrogen and oxygen atoms in total. The van der Waals surface area contributed by atoms with Gasteiger partial charge in [-0.05, 0) is 37.3 Å². The summed E-state index contributed by atoms with van der Waals surface area (Å²) in [6.07, 6.45) is 2.32. The van der Waals surface area contributed by atoms with Crippen molar-refractivity contribution in [3.05, 3.63) is 41.1 Å². The zero-order valence-corrected chi connectivity index (χ0v) is 18.7. The summed E-state index contributed by atoms with van der Waals surface area (Å²) in [7, 11) is 0. The number of hydrogen-bond acceptors (Lipinski definition) is 6. The molecular formula is C24H29N7O. The van der Waals surface area contributed by atoms with Gasteiger partial charge in [0.1, 0.15) is 0 Å². The predicted molar refractivity (Wildman–Crippen MR) is 124 cm³/mol. The van der Waals surface area contributed by atoms with E-state index in [1.54, 1.807) is 18.0 Å². The lowest BCUT2D eigenvalue weighted by molar-refractivity contribution is 0.0630. The van der Waals surface area contributed by atoms with E-state index in [1.807, 2.05) is 22.8 Å². The van der Waals surface area contributed by atoms with E-state index in [0.717, 1.165) is 31.0 Å². The van der Waals surface area contributed by atoms with Crippen LogP contribution in [0, 0.1) is 29.1 Å². The van der Waals surface area contributed by atoms with Crippen molar-refractivity contribution in [1.29, 1.82) is 5.26 Å². The number of benzene rings is 1. The summed E-state index contributed by atoms with van der Waals surface area (Å²) in [5.41, 5.74) is 5.08. The van der Waals surface area contributed by atoms with E-state index in [-0.39, 0.29) is 5.91 Å². The highest BCUT2D eigenvalue weighted by Gasteiger charge is 2.31. The highest BCUT2D eigenvalue weighted by atomic mass is 16.2. The van der Waals surface area contributed by atoms with E-state index in [0.29, 0.717) is 49.2 Å². The first-order chi connectivity index (χ1) is 15.6. The van der Waals surface area contributed by atoms with Crippen LogP contribution in [-0.4, -0.2) is 46.6 Å². The number of hydrazine groups is 1. The summed E-state index contributed by atoms with van der Waals surface area (Å²) in [5, 5.41) is 14.4. The smallest absolute Gasteiger partial charge is 0.288 e. The van der Waals surface area contributed by atoms with Crippen LogP contribution < -0.4 is 15.6 Å². The summed E-state index contributed by atoms with van der Waals surface area (Å²) >= 11 is 0. The van der Waals surface area contributed by atoms with Gasteiger partial charge in [0.2, 0.25) is 5.95 Å². The lowest BCUT2D eigenvalue weighted by atomic mass is 10.0. The molecule has 166 valence electrons. The number of imidazole rings is 1. The first-order valence-corrected chi connectivity index (χ1v) is 11.1. The van der Waals surface area contributed by atoms with Crippen LogP contribution >= 0.6 is 0 Å². The Kier molecular flexibility index (Phi) is 6.63. The van der Waals surface area contributed by atoms with Crippen LogP contribution in [0.3, 0.4) is 0 Å². The van der Waals surface area contributed by atoms with Gasteiger partial charge in [-0.1, -0.05) is 31.0 Å². The number of nitrogens with zero attached hydrogens (tertiary/aromatic N) is 5. The lowest BCUT2D eigenvalue weighted by Crippen LogP contribution is -2.46. The van der Waals surface area contributed by atoms with Crippen LogP contribution in [0.1, 0.15) is 48.3 Å². The van der Waals surface area contributed by atoms with E-state index in [4.69, 9.17) is 4.98 Å². The number of piperidine rings is 1. The topological polar surface area (TPSA) is 89.2 Å². The maximum Gasteiger partial charge on any atom is 0.288 e. The maximum absolute atomic E-state index is 13.8. The Bertz CT molecular complexity index is 1090. The van der Waals surface area contributed by atoms with Crippen molar-refractivity contribution in [3.63, 3.8) is 0 Å². The van der Waals surface area contributed by atoms with E-state index in [1.165, 1.54) is 6.42 Å². The molecule has 1 saturated heterocycles. The number of aromatic nitrogens is 2. The van der Waals surface area contributed by atoms with E-state index >= 15 is 0 Å². The molecule has 2 aliphatic rings. The lowest BCUT2D eigenvalue weighted by Gasteiger charge is -2.32. The zero-order chi connectivity index (χ0) is 22.5. The van der Waals surface area contributed by atoms with Crippen molar-refractivity contribution in [3.8, 4) is 17.9 Å². The molecule has 0 saturated carbocycles. The Morgan fingerprint density at radius 1 is 1.28 bits per heavy atom. The third kappa shape index (κ3) is 4.42. The Hall–Kier alpha value is -3.49. The molecule has 3 heterocycles. The van der Waals surface area contributed by atoms with E-state index < -0.39 is 0 Å². The van der Waals surface area contributed by atoms with Gasteiger partial charge in [0.05, 0.1) is 24.7 Å². The quantitative estimate of drug-likeness (QED) is 0.724. The third-order valence-electron chi connectivity index (χ3n) is 5.94. The van der Waals surface area contributed by atoms with Crippen LogP contribution in [0.2, 0.25) is 0 Å². The SMILES string of the molecule is CC#CCn1c(N2CCC[C@@H](C)C2)nc2c1C(=O)N(Cc1ccccc1C#N)NCCN2. The van der Waals surface area contributed by atoms with Crippen molar-refractivity contribution in [2.45, 2.75) is 39.8 Å². The molecule has 0 unspecified atom stereocenters. The van der Waals surface area contributed by atoms with Crippen LogP contribution in [0.15, 0.2) is 24.3 Å². The standard InChI is InChI=1S/C24H29N7O/c1-3-4-14-30-21-22(28-24(30)29-13-7-8-18(2)16-29)26-11-12-27-31(23(21)32)17-20-10-6-5-9-19(20)15-25/h5-6,9-10,18,26-27H,7-8,11-14,16-17H2,1-2H3/t18-/m1/s1. The summed E-state index contributed by atoms with van der Waals surface area (Å²) < 4.78 is 1.94. The minimum Gasteiger partial charge on any atom is -0.367 e. The summed E-state index contributed by atoms with van der Waals surface area (Å²) in [6, 6.07) is 9.58. The van der Waals surface area contributed by atoms with Crippen molar-refractivity contribution < 1.29 is 4.79 Å². The molecule has 2 aromatic rings. The molecule has 1 aromatic carbocycles. The summed E-state index contributed by atoms with van der Waals surface area (Å²) in [5.74, 6) is 7.86. The van der Waals surface area contributed by atoms with Crippen LogP contribution in [-0.2, 0) is 13.1 Å². The Labute approximate surface area is 189 Å². The van der Waals surface area contributed by atoms with Gasteiger partial charge in [0.15, 0.2) is 11.5 Å². The molecule has 2 N–H and O–H groups in total. The minimum atomic E-state index is -0.179. The average Bonchev–Trinajstić information content (AvgIpc) is 3.16. The Morgan fingerprint density at radius 3 is 2.91 bits per heavy atom. The number of hydrogen-bond donors (Lipinski definition) is 2. The molecule has 32 heavy (non-hydrogen) atoms. The number of nitrogens with one attached hydrogen (secondary N) is 2. The monoisotopic (exact) mass is 431 g/mol. The number of anilines is 2. The van der Waals surface area contributed by atoms with Gasteiger partial charge in [-0.15, -0.1) is 5.92 Å². The molecule has 1 aromatic heterocycles. The normalized spacial score (nSPS) is 18.5. The van der Waals surface area contributed by atoms with E-state index in [9.17, 15) is 10.1 Å².